The van der Waals surface area contributed by atoms with Gasteiger partial charge in [-0.05, 0) is 45.2 Å². The number of nitrogens with zero attached hydrogens (tertiary/aromatic N) is 2. The Bertz CT molecular complexity index is 673. The molecule has 1 aromatic rings. The number of piperidine rings is 1. The summed E-state index contributed by atoms with van der Waals surface area (Å²) < 4.78 is 35.5. The first-order valence-electron chi connectivity index (χ1n) is 7.64. The molecule has 1 amide bonds. The topological polar surface area (TPSA) is 42.4 Å². The molecule has 1 aromatic heterocycles. The highest BCUT2D eigenvalue weighted by Gasteiger charge is 2.73. The van der Waals surface area contributed by atoms with Gasteiger partial charge in [0, 0.05) is 18.7 Å². The highest BCUT2D eigenvalue weighted by Crippen LogP contribution is 2.69. The molecular formula is C16H18Cl2F2N2O2. The molecule has 2 unspecified atom stereocenters. The van der Waals surface area contributed by atoms with Crippen LogP contribution in [0, 0.1) is 11.3 Å². The second-order valence-corrected chi connectivity index (χ2v) is 8.27. The van der Waals surface area contributed by atoms with Crippen molar-refractivity contribution in [2.24, 2.45) is 11.3 Å². The number of pyridine rings is 1. The number of ether oxygens (including phenoxy) is 1. The van der Waals surface area contributed by atoms with Crippen molar-refractivity contribution in [2.75, 3.05) is 13.1 Å². The Morgan fingerprint density at radius 3 is 2.46 bits per heavy atom. The molecule has 1 saturated carbocycles. The van der Waals surface area contributed by atoms with Gasteiger partial charge in [-0.3, -0.25) is 0 Å². The molecule has 4 nitrogen and oxygen atoms in total. The molecule has 1 saturated heterocycles. The van der Waals surface area contributed by atoms with Crippen molar-refractivity contribution in [1.29, 1.82) is 0 Å². The van der Waals surface area contributed by atoms with E-state index in [4.69, 9.17) is 27.9 Å². The normalized spacial score (nSPS) is 26.3. The second-order valence-electron chi connectivity index (χ2n) is 7.49. The fourth-order valence-electron chi connectivity index (χ4n) is 3.37. The molecule has 3 rings (SSSR count). The maximum atomic E-state index is 15.1. The largest absolute Gasteiger partial charge is 0.444 e. The van der Waals surface area contributed by atoms with E-state index in [9.17, 15) is 4.79 Å². The Morgan fingerprint density at radius 2 is 1.92 bits per heavy atom. The van der Waals surface area contributed by atoms with E-state index < -0.39 is 23.0 Å². The van der Waals surface area contributed by atoms with Gasteiger partial charge in [0.25, 0.3) is 5.92 Å². The average Bonchev–Trinajstić information content (AvgIpc) is 2.99. The first kappa shape index (κ1) is 17.7. The van der Waals surface area contributed by atoms with Crippen molar-refractivity contribution >= 4 is 29.3 Å². The van der Waals surface area contributed by atoms with E-state index in [2.05, 4.69) is 4.98 Å². The number of aromatic nitrogens is 1. The van der Waals surface area contributed by atoms with Crippen molar-refractivity contribution in [3.8, 4) is 0 Å². The average molecular weight is 379 g/mol. The van der Waals surface area contributed by atoms with Crippen molar-refractivity contribution in [1.82, 2.24) is 9.88 Å². The van der Waals surface area contributed by atoms with Crippen LogP contribution in [0.2, 0.25) is 10.3 Å². The lowest BCUT2D eigenvalue weighted by Crippen LogP contribution is -2.40. The number of rotatable bonds is 2. The maximum absolute atomic E-state index is 15.1. The van der Waals surface area contributed by atoms with Crippen molar-refractivity contribution < 1.29 is 18.3 Å². The summed E-state index contributed by atoms with van der Waals surface area (Å²) in [5, 5.41) is -0.152. The van der Waals surface area contributed by atoms with Gasteiger partial charge in [-0.25, -0.2) is 18.6 Å². The summed E-state index contributed by atoms with van der Waals surface area (Å²) in [6.07, 6.45) is -0.202. The Hall–Kier alpha value is -1.14. The first-order chi connectivity index (χ1) is 10.9. The standard InChI is InChI=1S/C16H18Cl2F2N2O2/c1-14(2,3)24-13(23)22-7-10-6-15(10,8-22)16(19,20)9-4-11(17)21-12(18)5-9/h4-5,10H,6-8H2,1-3H3. The van der Waals surface area contributed by atoms with Crippen LogP contribution in [-0.2, 0) is 10.7 Å². The molecule has 2 aliphatic rings. The van der Waals surface area contributed by atoms with Crippen LogP contribution in [-0.4, -0.2) is 34.7 Å². The van der Waals surface area contributed by atoms with E-state index in [-0.39, 0.29) is 34.9 Å². The lowest BCUT2D eigenvalue weighted by Gasteiger charge is -2.29. The van der Waals surface area contributed by atoms with Gasteiger partial charge < -0.3 is 9.64 Å². The van der Waals surface area contributed by atoms with Crippen LogP contribution in [0.25, 0.3) is 0 Å². The van der Waals surface area contributed by atoms with E-state index in [1.165, 1.54) is 4.90 Å². The molecule has 2 atom stereocenters. The second kappa shape index (κ2) is 5.43. The van der Waals surface area contributed by atoms with Crippen molar-refractivity contribution in [3.05, 3.63) is 28.0 Å². The Balaban J connectivity index is 1.81. The van der Waals surface area contributed by atoms with Gasteiger partial charge >= 0.3 is 6.09 Å². The number of hydrogen-bond donors (Lipinski definition) is 0. The molecule has 0 aromatic carbocycles. The summed E-state index contributed by atoms with van der Waals surface area (Å²) in [4.78, 5) is 17.2. The number of alkyl halides is 2. The molecule has 132 valence electrons. The highest BCUT2D eigenvalue weighted by molar-refractivity contribution is 6.32. The number of amides is 1. The van der Waals surface area contributed by atoms with Gasteiger partial charge in [-0.1, -0.05) is 23.2 Å². The predicted octanol–water partition coefficient (Wildman–Crippen LogP) is 4.74. The van der Waals surface area contributed by atoms with Crippen molar-refractivity contribution in [2.45, 2.75) is 38.7 Å². The molecule has 1 aliphatic carbocycles. The highest BCUT2D eigenvalue weighted by atomic mass is 35.5. The van der Waals surface area contributed by atoms with Gasteiger partial charge in [-0.2, -0.15) is 0 Å². The third kappa shape index (κ3) is 2.94. The monoisotopic (exact) mass is 378 g/mol. The fourth-order valence-corrected chi connectivity index (χ4v) is 3.83. The quantitative estimate of drug-likeness (QED) is 0.698. The van der Waals surface area contributed by atoms with Crippen LogP contribution in [0.3, 0.4) is 0 Å². The molecular weight excluding hydrogens is 361 g/mol. The molecule has 0 spiro atoms. The lowest BCUT2D eigenvalue weighted by molar-refractivity contribution is -0.0835. The van der Waals surface area contributed by atoms with Crippen LogP contribution < -0.4 is 0 Å². The smallest absolute Gasteiger partial charge is 0.410 e. The number of hydrogen-bond acceptors (Lipinski definition) is 3. The van der Waals surface area contributed by atoms with E-state index in [0.29, 0.717) is 6.42 Å². The zero-order valence-electron chi connectivity index (χ0n) is 13.6. The van der Waals surface area contributed by atoms with E-state index in [0.717, 1.165) is 12.1 Å². The number of carbonyl (C=O) groups excluding carboxylic acids is 1. The molecule has 0 N–H and O–H groups in total. The Kier molecular flexibility index (Phi) is 4.00. The fraction of sp³-hybridized carbons (Fsp3) is 0.625. The summed E-state index contributed by atoms with van der Waals surface area (Å²) in [5.74, 6) is -3.41. The predicted molar refractivity (Wildman–Crippen MR) is 86.5 cm³/mol. The summed E-state index contributed by atoms with van der Waals surface area (Å²) in [6, 6.07) is 2.27. The number of halogens is 4. The van der Waals surface area contributed by atoms with Crippen LogP contribution in [0.15, 0.2) is 12.1 Å². The van der Waals surface area contributed by atoms with Gasteiger partial charge in [0.1, 0.15) is 15.9 Å². The van der Waals surface area contributed by atoms with E-state index >= 15 is 8.78 Å². The van der Waals surface area contributed by atoms with Crippen LogP contribution in [0.5, 0.6) is 0 Å². The van der Waals surface area contributed by atoms with E-state index in [1.807, 2.05) is 0 Å². The summed E-state index contributed by atoms with van der Waals surface area (Å²) in [5.41, 5.74) is -2.20. The maximum Gasteiger partial charge on any atom is 0.410 e. The Morgan fingerprint density at radius 1 is 1.33 bits per heavy atom. The minimum atomic E-state index is -3.15. The summed E-state index contributed by atoms with van der Waals surface area (Å²) in [7, 11) is 0. The number of likely N-dealkylation sites (tertiary alicyclic amines) is 1. The molecule has 2 fully saturated rings. The number of carbonyl (C=O) groups is 1. The molecule has 8 heteroatoms. The number of fused-ring (bicyclic) bond motifs is 1. The zero-order valence-corrected chi connectivity index (χ0v) is 15.1. The summed E-state index contributed by atoms with van der Waals surface area (Å²) >= 11 is 11.5. The molecule has 0 bridgehead atoms. The van der Waals surface area contributed by atoms with Crippen LogP contribution in [0.1, 0.15) is 32.8 Å². The van der Waals surface area contributed by atoms with Crippen LogP contribution in [0.4, 0.5) is 13.6 Å². The van der Waals surface area contributed by atoms with Gasteiger partial charge in [0.05, 0.1) is 5.41 Å². The first-order valence-corrected chi connectivity index (χ1v) is 8.39. The third-order valence-electron chi connectivity index (χ3n) is 4.55. The minimum absolute atomic E-state index is 0.0445. The molecule has 2 heterocycles. The van der Waals surface area contributed by atoms with Gasteiger partial charge in [0.2, 0.25) is 0 Å². The van der Waals surface area contributed by atoms with Gasteiger partial charge in [0.15, 0.2) is 0 Å². The lowest BCUT2D eigenvalue weighted by atomic mass is 9.91. The SMILES string of the molecule is CC(C)(C)OC(=O)N1CC2CC2(C(F)(F)c2cc(Cl)nc(Cl)c2)C1. The Labute approximate surface area is 149 Å². The van der Waals surface area contributed by atoms with Gasteiger partial charge in [-0.15, -0.1) is 0 Å². The molecule has 1 aliphatic heterocycles. The third-order valence-corrected chi connectivity index (χ3v) is 4.94. The minimum Gasteiger partial charge on any atom is -0.444 e. The van der Waals surface area contributed by atoms with E-state index in [1.54, 1.807) is 20.8 Å². The molecule has 0 radical (unpaired) electrons. The van der Waals surface area contributed by atoms with Crippen molar-refractivity contribution in [3.63, 3.8) is 0 Å². The zero-order chi connectivity index (χ0) is 17.9. The van der Waals surface area contributed by atoms with Crippen LogP contribution >= 0.6 is 23.2 Å². The summed E-state index contributed by atoms with van der Waals surface area (Å²) in [6.45, 7) is 5.46. The molecule has 24 heavy (non-hydrogen) atoms.